The fourth-order valence-corrected chi connectivity index (χ4v) is 3.57. The standard InChI is InChI=1S/C11H10N4O4S2/c12-11-13-5(4-21-11)3-19-14-7-8(16)15-6(10(17)18)1-2-20-9(7)15/h1,4,9H,2-3H2,(H2,12,13)(H,17,18)/b14-7+. The van der Waals surface area contributed by atoms with E-state index in [1.165, 1.54) is 34.1 Å². The molecule has 21 heavy (non-hydrogen) atoms. The number of nitrogen functional groups attached to an aromatic ring is 1. The summed E-state index contributed by atoms with van der Waals surface area (Å²) in [5.41, 5.74) is 6.34. The fourth-order valence-electron chi connectivity index (χ4n) is 1.93. The van der Waals surface area contributed by atoms with Crippen LogP contribution >= 0.6 is 23.1 Å². The van der Waals surface area contributed by atoms with Crippen molar-refractivity contribution >= 4 is 45.8 Å². The Kier molecular flexibility index (Phi) is 3.55. The van der Waals surface area contributed by atoms with E-state index in [0.29, 0.717) is 16.6 Å². The van der Waals surface area contributed by atoms with Crippen molar-refractivity contribution < 1.29 is 19.5 Å². The Morgan fingerprint density at radius 3 is 3.14 bits per heavy atom. The molecule has 1 aromatic heterocycles. The molecular weight excluding hydrogens is 316 g/mol. The summed E-state index contributed by atoms with van der Waals surface area (Å²) in [6.07, 6.45) is 1.51. The largest absolute Gasteiger partial charge is 0.477 e. The number of β-lactam (4-membered cyclic amide) rings is 1. The van der Waals surface area contributed by atoms with E-state index in [9.17, 15) is 9.59 Å². The zero-order chi connectivity index (χ0) is 15.0. The lowest BCUT2D eigenvalue weighted by molar-refractivity contribution is -0.139. The number of carbonyl (C=O) groups is 2. The van der Waals surface area contributed by atoms with Gasteiger partial charge in [-0.05, 0) is 6.08 Å². The van der Waals surface area contributed by atoms with Crippen LogP contribution < -0.4 is 5.73 Å². The van der Waals surface area contributed by atoms with Gasteiger partial charge in [-0.15, -0.1) is 23.1 Å². The van der Waals surface area contributed by atoms with E-state index in [2.05, 4.69) is 10.1 Å². The second kappa shape index (κ2) is 5.37. The van der Waals surface area contributed by atoms with Crippen molar-refractivity contribution in [2.45, 2.75) is 12.0 Å². The Labute approximate surface area is 127 Å². The van der Waals surface area contributed by atoms with Crippen molar-refractivity contribution in [3.63, 3.8) is 0 Å². The lowest BCUT2D eigenvalue weighted by atomic mass is 10.1. The monoisotopic (exact) mass is 326 g/mol. The normalized spacial score (nSPS) is 22.6. The molecule has 2 aliphatic rings. The third-order valence-corrected chi connectivity index (χ3v) is 4.69. The fraction of sp³-hybridized carbons (Fsp3) is 0.273. The number of aliphatic carboxylic acids is 1. The van der Waals surface area contributed by atoms with Gasteiger partial charge in [0.2, 0.25) is 0 Å². The average molecular weight is 326 g/mol. The van der Waals surface area contributed by atoms with Crippen molar-refractivity contribution in [3.8, 4) is 0 Å². The maximum absolute atomic E-state index is 11.9. The topological polar surface area (TPSA) is 118 Å². The van der Waals surface area contributed by atoms with E-state index in [4.69, 9.17) is 15.7 Å². The van der Waals surface area contributed by atoms with E-state index in [-0.39, 0.29) is 18.0 Å². The van der Waals surface area contributed by atoms with Gasteiger partial charge in [-0.2, -0.15) is 0 Å². The highest BCUT2D eigenvalue weighted by Crippen LogP contribution is 2.35. The summed E-state index contributed by atoms with van der Waals surface area (Å²) >= 11 is 2.71. The maximum Gasteiger partial charge on any atom is 0.352 e. The predicted octanol–water partition coefficient (Wildman–Crippen LogP) is 0.481. The lowest BCUT2D eigenvalue weighted by Gasteiger charge is -2.42. The van der Waals surface area contributed by atoms with Crippen LogP contribution in [0.25, 0.3) is 0 Å². The van der Waals surface area contributed by atoms with Crippen molar-refractivity contribution in [3.05, 3.63) is 22.8 Å². The van der Waals surface area contributed by atoms with Gasteiger partial charge >= 0.3 is 5.97 Å². The molecule has 0 bridgehead atoms. The quantitative estimate of drug-likeness (QED) is 0.610. The number of carboxylic acid groups (broad SMARTS) is 1. The van der Waals surface area contributed by atoms with Crippen LogP contribution in [0.4, 0.5) is 5.13 Å². The molecule has 1 amide bonds. The number of amides is 1. The molecule has 0 saturated carbocycles. The van der Waals surface area contributed by atoms with Gasteiger partial charge in [-0.25, -0.2) is 9.78 Å². The molecule has 0 aromatic carbocycles. The SMILES string of the molecule is Nc1nc(CO/N=C2\C(=O)N3C(C(=O)O)=CCSC23)cs1. The molecule has 3 heterocycles. The number of nitrogens with zero attached hydrogens (tertiary/aromatic N) is 3. The molecule has 8 nitrogen and oxygen atoms in total. The smallest absolute Gasteiger partial charge is 0.352 e. The number of thiazole rings is 1. The molecule has 1 fully saturated rings. The van der Waals surface area contributed by atoms with Crippen molar-refractivity contribution in [2.75, 3.05) is 11.5 Å². The molecule has 0 aliphatic carbocycles. The number of anilines is 1. The number of aromatic nitrogens is 1. The first-order chi connectivity index (χ1) is 10.1. The van der Waals surface area contributed by atoms with Crippen LogP contribution in [0.2, 0.25) is 0 Å². The summed E-state index contributed by atoms with van der Waals surface area (Å²) in [5.74, 6) is -1.05. The van der Waals surface area contributed by atoms with Gasteiger partial charge in [0.05, 0.1) is 5.69 Å². The van der Waals surface area contributed by atoms with E-state index in [0.717, 1.165) is 0 Å². The molecule has 1 atom stereocenters. The minimum atomic E-state index is -1.12. The second-order valence-corrected chi connectivity index (χ2v) is 6.19. The average Bonchev–Trinajstić information content (AvgIpc) is 2.87. The first-order valence-electron chi connectivity index (χ1n) is 5.86. The van der Waals surface area contributed by atoms with Crippen LogP contribution in [0.3, 0.4) is 0 Å². The molecule has 110 valence electrons. The number of rotatable bonds is 4. The molecule has 3 rings (SSSR count). The molecular formula is C11H10N4O4S2. The van der Waals surface area contributed by atoms with Gasteiger partial charge in [-0.3, -0.25) is 9.69 Å². The number of thioether (sulfide) groups is 1. The molecule has 10 heteroatoms. The Bertz CT molecular complexity index is 669. The molecule has 1 saturated heterocycles. The lowest BCUT2D eigenvalue weighted by Crippen LogP contribution is -2.61. The summed E-state index contributed by atoms with van der Waals surface area (Å²) in [4.78, 5) is 33.3. The van der Waals surface area contributed by atoms with Gasteiger partial charge in [0.25, 0.3) is 5.91 Å². The van der Waals surface area contributed by atoms with Gasteiger partial charge in [0, 0.05) is 11.1 Å². The molecule has 3 N–H and O–H groups in total. The van der Waals surface area contributed by atoms with Crippen LogP contribution in [0.1, 0.15) is 5.69 Å². The van der Waals surface area contributed by atoms with Gasteiger partial charge in [-0.1, -0.05) is 5.16 Å². The number of hydrogen-bond acceptors (Lipinski definition) is 8. The van der Waals surface area contributed by atoms with Crippen LogP contribution in [0, 0.1) is 0 Å². The van der Waals surface area contributed by atoms with E-state index < -0.39 is 17.3 Å². The van der Waals surface area contributed by atoms with Crippen LogP contribution in [-0.4, -0.2) is 43.7 Å². The zero-order valence-electron chi connectivity index (χ0n) is 10.6. The van der Waals surface area contributed by atoms with Crippen LogP contribution in [0.5, 0.6) is 0 Å². The van der Waals surface area contributed by atoms with Gasteiger partial charge < -0.3 is 15.7 Å². The maximum atomic E-state index is 11.9. The molecule has 1 aromatic rings. The summed E-state index contributed by atoms with van der Waals surface area (Å²) < 4.78 is 0. The van der Waals surface area contributed by atoms with Gasteiger partial charge in [0.15, 0.2) is 17.5 Å². The first-order valence-corrected chi connectivity index (χ1v) is 7.79. The minimum absolute atomic E-state index is 0.00465. The molecule has 1 unspecified atom stereocenters. The number of hydrogen-bond donors (Lipinski definition) is 2. The predicted molar refractivity (Wildman–Crippen MR) is 77.6 cm³/mol. The van der Waals surface area contributed by atoms with Crippen molar-refractivity contribution in [2.24, 2.45) is 5.16 Å². The van der Waals surface area contributed by atoms with E-state index >= 15 is 0 Å². The van der Waals surface area contributed by atoms with Crippen molar-refractivity contribution in [1.82, 2.24) is 9.88 Å². The second-order valence-electron chi connectivity index (χ2n) is 4.18. The van der Waals surface area contributed by atoms with E-state index in [1.807, 2.05) is 0 Å². The van der Waals surface area contributed by atoms with E-state index in [1.54, 1.807) is 5.38 Å². The minimum Gasteiger partial charge on any atom is -0.477 e. The van der Waals surface area contributed by atoms with Crippen LogP contribution in [-0.2, 0) is 21.0 Å². The third kappa shape index (κ3) is 2.47. The Balaban J connectivity index is 1.66. The Morgan fingerprint density at radius 2 is 2.48 bits per heavy atom. The highest BCUT2D eigenvalue weighted by Gasteiger charge is 2.50. The highest BCUT2D eigenvalue weighted by atomic mass is 32.2. The van der Waals surface area contributed by atoms with Crippen LogP contribution in [0.15, 0.2) is 22.3 Å². The third-order valence-electron chi connectivity index (χ3n) is 2.86. The Hall–Kier alpha value is -2.07. The first kappa shape index (κ1) is 13.9. The summed E-state index contributed by atoms with van der Waals surface area (Å²) in [6, 6.07) is 0. The Morgan fingerprint density at radius 1 is 1.67 bits per heavy atom. The number of carbonyl (C=O) groups excluding carboxylic acids is 1. The molecule has 0 spiro atoms. The summed E-state index contributed by atoms with van der Waals surface area (Å²) in [5, 5.41) is 14.6. The molecule has 2 aliphatic heterocycles. The number of nitrogens with two attached hydrogens (primary N) is 1. The summed E-state index contributed by atoms with van der Waals surface area (Å²) in [7, 11) is 0. The highest BCUT2D eigenvalue weighted by molar-refractivity contribution is 8.01. The zero-order valence-corrected chi connectivity index (χ0v) is 12.2. The van der Waals surface area contributed by atoms with Gasteiger partial charge in [0.1, 0.15) is 11.1 Å². The molecule has 0 radical (unpaired) electrons. The van der Waals surface area contributed by atoms with Crippen molar-refractivity contribution in [1.29, 1.82) is 0 Å². The number of carboxylic acids is 1. The number of oxime groups is 1. The summed E-state index contributed by atoms with van der Waals surface area (Å²) in [6.45, 7) is 0.115. The number of fused-ring (bicyclic) bond motifs is 1.